The molecule has 0 spiro atoms. The fourth-order valence-electron chi connectivity index (χ4n) is 1.89. The van der Waals surface area contributed by atoms with Gasteiger partial charge in [-0.2, -0.15) is 5.26 Å². The highest BCUT2D eigenvalue weighted by Gasteiger charge is 2.11. The maximum atomic E-state index is 8.89. The van der Waals surface area contributed by atoms with Gasteiger partial charge in [-0.3, -0.25) is 0 Å². The van der Waals surface area contributed by atoms with E-state index in [-0.39, 0.29) is 6.04 Å². The van der Waals surface area contributed by atoms with E-state index in [1.54, 1.807) is 25.3 Å². The number of hydrogen-bond acceptors (Lipinski definition) is 4. The fourth-order valence-corrected chi connectivity index (χ4v) is 1.89. The summed E-state index contributed by atoms with van der Waals surface area (Å²) in [5.41, 5.74) is 7.37. The molecular weight excluding hydrogens is 252 g/mol. The molecule has 0 aromatic heterocycles. The molecule has 0 aliphatic rings. The smallest absolute Gasteiger partial charge is 0.169 e. The van der Waals surface area contributed by atoms with E-state index < -0.39 is 0 Å². The first-order chi connectivity index (χ1) is 9.65. The molecule has 1 atom stereocenters. The van der Waals surface area contributed by atoms with Gasteiger partial charge in [-0.05, 0) is 25.1 Å². The molecule has 0 amide bonds. The van der Waals surface area contributed by atoms with Gasteiger partial charge in [0.2, 0.25) is 0 Å². The molecule has 20 heavy (non-hydrogen) atoms. The summed E-state index contributed by atoms with van der Waals surface area (Å²) < 4.78 is 11.1. The van der Waals surface area contributed by atoms with Crippen LogP contribution in [0.4, 0.5) is 0 Å². The van der Waals surface area contributed by atoms with Crippen molar-refractivity contribution in [2.45, 2.75) is 13.0 Å². The lowest BCUT2D eigenvalue weighted by Crippen LogP contribution is -2.06. The van der Waals surface area contributed by atoms with Crippen LogP contribution in [0.25, 0.3) is 0 Å². The molecular formula is C16H16N2O2. The minimum Gasteiger partial charge on any atom is -0.493 e. The van der Waals surface area contributed by atoms with Gasteiger partial charge in [-0.15, -0.1) is 0 Å². The van der Waals surface area contributed by atoms with Gasteiger partial charge in [0.05, 0.1) is 18.7 Å². The normalized spacial score (nSPS) is 11.5. The Bertz CT molecular complexity index is 645. The Morgan fingerprint density at radius 3 is 2.50 bits per heavy atom. The van der Waals surface area contributed by atoms with Crippen LogP contribution in [-0.2, 0) is 0 Å². The Kier molecular flexibility index (Phi) is 4.24. The number of hydrogen-bond donors (Lipinski definition) is 1. The minimum atomic E-state index is -0.129. The lowest BCUT2D eigenvalue weighted by molar-refractivity contribution is 0.377. The number of benzene rings is 2. The number of methoxy groups -OCH3 is 1. The number of nitrogens with two attached hydrogens (primary N) is 1. The summed E-state index contributed by atoms with van der Waals surface area (Å²) >= 11 is 0. The predicted octanol–water partition coefficient (Wildman–Crippen LogP) is 3.38. The lowest BCUT2D eigenvalue weighted by atomic mass is 10.1. The molecule has 4 heteroatoms. The van der Waals surface area contributed by atoms with E-state index >= 15 is 0 Å². The molecule has 0 unspecified atom stereocenters. The van der Waals surface area contributed by atoms with Crippen molar-refractivity contribution in [2.75, 3.05) is 7.11 Å². The summed E-state index contributed by atoms with van der Waals surface area (Å²) in [6, 6.07) is 14.6. The number of nitriles is 1. The zero-order valence-electron chi connectivity index (χ0n) is 11.5. The van der Waals surface area contributed by atoms with Crippen LogP contribution < -0.4 is 15.2 Å². The SMILES string of the molecule is COc1cc(C#N)ccc1Oc1ccccc1[C@@H](C)N. The zero-order valence-corrected chi connectivity index (χ0v) is 11.5. The van der Waals surface area contributed by atoms with E-state index in [1.165, 1.54) is 0 Å². The first-order valence-electron chi connectivity index (χ1n) is 6.26. The van der Waals surface area contributed by atoms with Crippen molar-refractivity contribution in [3.8, 4) is 23.3 Å². The monoisotopic (exact) mass is 268 g/mol. The van der Waals surface area contributed by atoms with Crippen molar-refractivity contribution in [1.82, 2.24) is 0 Å². The van der Waals surface area contributed by atoms with Gasteiger partial charge in [-0.1, -0.05) is 18.2 Å². The third kappa shape index (κ3) is 2.90. The maximum absolute atomic E-state index is 8.89. The summed E-state index contributed by atoms with van der Waals surface area (Å²) in [4.78, 5) is 0. The molecule has 2 rings (SSSR count). The zero-order chi connectivity index (χ0) is 14.5. The minimum absolute atomic E-state index is 0.129. The molecule has 4 nitrogen and oxygen atoms in total. The van der Waals surface area contributed by atoms with Crippen molar-refractivity contribution in [3.05, 3.63) is 53.6 Å². The molecule has 0 heterocycles. The van der Waals surface area contributed by atoms with E-state index in [4.69, 9.17) is 20.5 Å². The van der Waals surface area contributed by atoms with Gasteiger partial charge >= 0.3 is 0 Å². The Morgan fingerprint density at radius 2 is 1.85 bits per heavy atom. The Morgan fingerprint density at radius 1 is 1.10 bits per heavy atom. The molecule has 0 radical (unpaired) electrons. The Balaban J connectivity index is 2.38. The molecule has 0 aliphatic carbocycles. The van der Waals surface area contributed by atoms with Crippen molar-refractivity contribution >= 4 is 0 Å². The van der Waals surface area contributed by atoms with E-state index in [2.05, 4.69) is 6.07 Å². The second kappa shape index (κ2) is 6.09. The average molecular weight is 268 g/mol. The Labute approximate surface area is 118 Å². The summed E-state index contributed by atoms with van der Waals surface area (Å²) in [6.07, 6.45) is 0. The molecule has 0 fully saturated rings. The molecule has 2 aromatic carbocycles. The van der Waals surface area contributed by atoms with Gasteiger partial charge < -0.3 is 15.2 Å². The van der Waals surface area contributed by atoms with Crippen LogP contribution in [0.2, 0.25) is 0 Å². The molecule has 0 aliphatic heterocycles. The molecule has 0 saturated carbocycles. The standard InChI is InChI=1S/C16H16N2O2/c1-11(18)13-5-3-4-6-14(13)20-15-8-7-12(10-17)9-16(15)19-2/h3-9,11H,18H2,1-2H3/t11-/m1/s1. The van der Waals surface area contributed by atoms with E-state index in [9.17, 15) is 0 Å². The maximum Gasteiger partial charge on any atom is 0.169 e. The number of nitrogens with zero attached hydrogens (tertiary/aromatic N) is 1. The van der Waals surface area contributed by atoms with E-state index in [0.717, 1.165) is 5.56 Å². The largest absolute Gasteiger partial charge is 0.493 e. The van der Waals surface area contributed by atoms with Crippen molar-refractivity contribution in [2.24, 2.45) is 5.73 Å². The first kappa shape index (κ1) is 13.9. The van der Waals surface area contributed by atoms with Crippen molar-refractivity contribution < 1.29 is 9.47 Å². The molecule has 2 aromatic rings. The Hall–Kier alpha value is -2.51. The average Bonchev–Trinajstić information content (AvgIpc) is 2.48. The number of para-hydroxylation sites is 1. The summed E-state index contributed by atoms with van der Waals surface area (Å²) in [6.45, 7) is 1.90. The number of ether oxygens (including phenoxy) is 2. The van der Waals surface area contributed by atoms with Crippen LogP contribution in [0.3, 0.4) is 0 Å². The molecule has 2 N–H and O–H groups in total. The van der Waals surface area contributed by atoms with Crippen LogP contribution in [0, 0.1) is 11.3 Å². The van der Waals surface area contributed by atoms with Crippen molar-refractivity contribution in [3.63, 3.8) is 0 Å². The fraction of sp³-hybridized carbons (Fsp3) is 0.188. The quantitative estimate of drug-likeness (QED) is 0.923. The second-order valence-electron chi connectivity index (χ2n) is 4.41. The van der Waals surface area contributed by atoms with Crippen LogP contribution in [-0.4, -0.2) is 7.11 Å². The summed E-state index contributed by atoms with van der Waals surface area (Å²) in [7, 11) is 1.54. The molecule has 0 bridgehead atoms. The predicted molar refractivity (Wildman–Crippen MR) is 76.8 cm³/mol. The summed E-state index contributed by atoms with van der Waals surface area (Å²) in [5, 5.41) is 8.89. The van der Waals surface area contributed by atoms with Crippen molar-refractivity contribution in [1.29, 1.82) is 5.26 Å². The van der Waals surface area contributed by atoms with Gasteiger partial charge in [0, 0.05) is 17.7 Å². The van der Waals surface area contributed by atoms with Crippen LogP contribution >= 0.6 is 0 Å². The lowest BCUT2D eigenvalue weighted by Gasteiger charge is -2.15. The highest BCUT2D eigenvalue weighted by Crippen LogP contribution is 2.34. The van der Waals surface area contributed by atoms with Crippen LogP contribution in [0.1, 0.15) is 24.1 Å². The third-order valence-corrected chi connectivity index (χ3v) is 2.92. The highest BCUT2D eigenvalue weighted by molar-refractivity contribution is 5.49. The highest BCUT2D eigenvalue weighted by atomic mass is 16.5. The first-order valence-corrected chi connectivity index (χ1v) is 6.26. The van der Waals surface area contributed by atoms with Crippen LogP contribution in [0.15, 0.2) is 42.5 Å². The summed E-state index contributed by atoms with van der Waals surface area (Å²) in [5.74, 6) is 1.76. The van der Waals surface area contributed by atoms with Gasteiger partial charge in [-0.25, -0.2) is 0 Å². The van der Waals surface area contributed by atoms with Gasteiger partial charge in [0.1, 0.15) is 5.75 Å². The number of rotatable bonds is 4. The molecule has 102 valence electrons. The topological polar surface area (TPSA) is 68.3 Å². The van der Waals surface area contributed by atoms with E-state index in [0.29, 0.717) is 22.8 Å². The van der Waals surface area contributed by atoms with Gasteiger partial charge in [0.25, 0.3) is 0 Å². The third-order valence-electron chi connectivity index (χ3n) is 2.92. The van der Waals surface area contributed by atoms with Crippen LogP contribution in [0.5, 0.6) is 17.2 Å². The second-order valence-corrected chi connectivity index (χ2v) is 4.41. The van der Waals surface area contributed by atoms with E-state index in [1.807, 2.05) is 31.2 Å². The van der Waals surface area contributed by atoms with Gasteiger partial charge in [0.15, 0.2) is 11.5 Å². The molecule has 0 saturated heterocycles.